The van der Waals surface area contributed by atoms with E-state index < -0.39 is 9.84 Å². The molecule has 0 aromatic heterocycles. The fourth-order valence-corrected chi connectivity index (χ4v) is 4.33. The number of hydrogen-bond acceptors (Lipinski definition) is 5. The number of nitrogens with zero attached hydrogens (tertiary/aromatic N) is 1. The summed E-state index contributed by atoms with van der Waals surface area (Å²) in [4.78, 5) is 2.79. The van der Waals surface area contributed by atoms with Gasteiger partial charge in [-0.25, -0.2) is 8.42 Å². The van der Waals surface area contributed by atoms with Gasteiger partial charge in [-0.1, -0.05) is 32.0 Å². The summed E-state index contributed by atoms with van der Waals surface area (Å²) >= 11 is 0. The van der Waals surface area contributed by atoms with Crippen LogP contribution in [0.1, 0.15) is 38.8 Å². The standard InChI is InChI=1S/C21H29NO4S/c1-4-22(5-2)17(3)18-10-12-20(13-11-18)27(24,25)21-9-6-8-19(16-21)26-15-7-14-23/h6,8-13,16-17,23H,4-5,7,14-15H2,1-3H3/t17-/m0/s1. The summed E-state index contributed by atoms with van der Waals surface area (Å²) in [6, 6.07) is 13.8. The molecule has 0 unspecified atom stereocenters. The molecular weight excluding hydrogens is 362 g/mol. The second-order valence-electron chi connectivity index (χ2n) is 6.37. The van der Waals surface area contributed by atoms with Gasteiger partial charge in [0.05, 0.1) is 16.4 Å². The van der Waals surface area contributed by atoms with Gasteiger partial charge < -0.3 is 9.84 Å². The minimum atomic E-state index is -3.61. The summed E-state index contributed by atoms with van der Waals surface area (Å²) in [7, 11) is -3.61. The zero-order chi connectivity index (χ0) is 19.9. The van der Waals surface area contributed by atoms with E-state index >= 15 is 0 Å². The van der Waals surface area contributed by atoms with Gasteiger partial charge in [0.15, 0.2) is 0 Å². The highest BCUT2D eigenvalue weighted by Crippen LogP contribution is 2.27. The van der Waals surface area contributed by atoms with E-state index in [2.05, 4.69) is 25.7 Å². The van der Waals surface area contributed by atoms with Crippen molar-refractivity contribution in [2.45, 2.75) is 43.0 Å². The van der Waals surface area contributed by atoms with Crippen LogP contribution in [0.15, 0.2) is 58.3 Å². The van der Waals surface area contributed by atoms with Gasteiger partial charge in [0, 0.05) is 19.1 Å². The molecule has 5 nitrogen and oxygen atoms in total. The number of ether oxygens (including phenoxy) is 1. The number of aliphatic hydroxyl groups excluding tert-OH is 1. The third kappa shape index (κ3) is 5.31. The molecule has 0 aliphatic carbocycles. The Bertz CT molecular complexity index is 814. The summed E-state index contributed by atoms with van der Waals surface area (Å²) in [5, 5.41) is 8.83. The average Bonchev–Trinajstić information content (AvgIpc) is 2.69. The van der Waals surface area contributed by atoms with Crippen LogP contribution < -0.4 is 4.74 Å². The Labute approximate surface area is 162 Å². The van der Waals surface area contributed by atoms with Crippen molar-refractivity contribution >= 4 is 9.84 Å². The van der Waals surface area contributed by atoms with Gasteiger partial charge >= 0.3 is 0 Å². The molecule has 0 radical (unpaired) electrons. The first-order valence-corrected chi connectivity index (χ1v) is 10.8. The first-order valence-electron chi connectivity index (χ1n) is 9.36. The van der Waals surface area contributed by atoms with E-state index in [0.29, 0.717) is 18.8 Å². The highest BCUT2D eigenvalue weighted by molar-refractivity contribution is 7.91. The number of benzene rings is 2. The predicted molar refractivity (Wildman–Crippen MR) is 107 cm³/mol. The fourth-order valence-electron chi connectivity index (χ4n) is 3.03. The highest BCUT2D eigenvalue weighted by atomic mass is 32.2. The molecule has 0 saturated carbocycles. The normalized spacial score (nSPS) is 12.9. The van der Waals surface area contributed by atoms with Gasteiger partial charge in [-0.15, -0.1) is 0 Å². The summed E-state index contributed by atoms with van der Waals surface area (Å²) in [5.74, 6) is 0.483. The molecule has 1 N–H and O–H groups in total. The van der Waals surface area contributed by atoms with Crippen molar-refractivity contribution in [2.75, 3.05) is 26.3 Å². The molecule has 0 saturated heterocycles. The minimum absolute atomic E-state index is 0.0379. The molecule has 2 aromatic rings. The smallest absolute Gasteiger partial charge is 0.206 e. The van der Waals surface area contributed by atoms with E-state index in [-0.39, 0.29) is 22.4 Å². The molecule has 0 heterocycles. The van der Waals surface area contributed by atoms with E-state index in [1.54, 1.807) is 30.3 Å². The maximum atomic E-state index is 12.9. The quantitative estimate of drug-likeness (QED) is 0.626. The molecule has 0 amide bonds. The molecule has 2 aromatic carbocycles. The summed E-state index contributed by atoms with van der Waals surface area (Å²) in [6.07, 6.45) is 0.503. The van der Waals surface area contributed by atoms with E-state index in [4.69, 9.17) is 9.84 Å². The Morgan fingerprint density at radius 3 is 2.30 bits per heavy atom. The van der Waals surface area contributed by atoms with Crippen LogP contribution in [-0.4, -0.2) is 44.7 Å². The Kier molecular flexibility index (Phi) is 7.83. The molecule has 0 bridgehead atoms. The van der Waals surface area contributed by atoms with E-state index in [1.807, 2.05) is 12.1 Å². The summed E-state index contributed by atoms with van der Waals surface area (Å²) in [6.45, 7) is 8.64. The molecule has 0 aliphatic rings. The maximum Gasteiger partial charge on any atom is 0.206 e. The van der Waals surface area contributed by atoms with Crippen LogP contribution in [0.2, 0.25) is 0 Å². The van der Waals surface area contributed by atoms with Crippen LogP contribution in [-0.2, 0) is 9.84 Å². The second kappa shape index (κ2) is 9.88. The van der Waals surface area contributed by atoms with Crippen LogP contribution in [0, 0.1) is 0 Å². The van der Waals surface area contributed by atoms with Crippen LogP contribution in [0.3, 0.4) is 0 Å². The second-order valence-corrected chi connectivity index (χ2v) is 8.32. The average molecular weight is 392 g/mol. The Balaban J connectivity index is 2.23. The zero-order valence-corrected chi connectivity index (χ0v) is 17.1. The largest absolute Gasteiger partial charge is 0.493 e. The van der Waals surface area contributed by atoms with Crippen LogP contribution >= 0.6 is 0 Å². The first kappa shape index (κ1) is 21.4. The SMILES string of the molecule is CCN(CC)[C@@H](C)c1ccc(S(=O)(=O)c2cccc(OCCCO)c2)cc1. The lowest BCUT2D eigenvalue weighted by atomic mass is 10.1. The lowest BCUT2D eigenvalue weighted by Gasteiger charge is -2.26. The topological polar surface area (TPSA) is 66.8 Å². The molecular formula is C21H29NO4S. The molecule has 6 heteroatoms. The highest BCUT2D eigenvalue weighted by Gasteiger charge is 2.19. The summed E-state index contributed by atoms with van der Waals surface area (Å²) < 4.78 is 31.4. The lowest BCUT2D eigenvalue weighted by Crippen LogP contribution is -2.26. The molecule has 0 fully saturated rings. The molecule has 148 valence electrons. The Morgan fingerprint density at radius 2 is 1.70 bits per heavy atom. The molecule has 1 atom stereocenters. The van der Waals surface area contributed by atoms with Gasteiger partial charge in [0.25, 0.3) is 0 Å². The van der Waals surface area contributed by atoms with Crippen molar-refractivity contribution in [3.8, 4) is 5.75 Å². The van der Waals surface area contributed by atoms with E-state index in [0.717, 1.165) is 18.7 Å². The van der Waals surface area contributed by atoms with Crippen molar-refractivity contribution < 1.29 is 18.3 Å². The first-order chi connectivity index (χ1) is 12.9. The lowest BCUT2D eigenvalue weighted by molar-refractivity contribution is 0.233. The molecule has 0 spiro atoms. The van der Waals surface area contributed by atoms with Gasteiger partial charge in [-0.2, -0.15) is 0 Å². The summed E-state index contributed by atoms with van der Waals surface area (Å²) in [5.41, 5.74) is 1.10. The molecule has 27 heavy (non-hydrogen) atoms. The number of sulfone groups is 1. The van der Waals surface area contributed by atoms with Gasteiger partial charge in [0.2, 0.25) is 9.84 Å². The zero-order valence-electron chi connectivity index (χ0n) is 16.3. The molecule has 0 aliphatic heterocycles. The third-order valence-electron chi connectivity index (χ3n) is 4.72. The van der Waals surface area contributed by atoms with Crippen molar-refractivity contribution in [1.82, 2.24) is 4.90 Å². The van der Waals surface area contributed by atoms with Crippen LogP contribution in [0.25, 0.3) is 0 Å². The predicted octanol–water partition coefficient (Wildman–Crippen LogP) is 3.68. The van der Waals surface area contributed by atoms with Crippen molar-refractivity contribution in [3.63, 3.8) is 0 Å². The van der Waals surface area contributed by atoms with Crippen molar-refractivity contribution in [2.24, 2.45) is 0 Å². The van der Waals surface area contributed by atoms with E-state index in [1.165, 1.54) is 6.07 Å². The monoisotopic (exact) mass is 391 g/mol. The van der Waals surface area contributed by atoms with Gasteiger partial charge in [-0.3, -0.25) is 4.90 Å². The third-order valence-corrected chi connectivity index (χ3v) is 6.49. The fraction of sp³-hybridized carbons (Fsp3) is 0.429. The number of hydrogen-bond donors (Lipinski definition) is 1. The van der Waals surface area contributed by atoms with Gasteiger partial charge in [-0.05, 0) is 55.9 Å². The molecule has 2 rings (SSSR count). The van der Waals surface area contributed by atoms with Gasteiger partial charge in [0.1, 0.15) is 5.75 Å². The van der Waals surface area contributed by atoms with Crippen molar-refractivity contribution in [1.29, 1.82) is 0 Å². The van der Waals surface area contributed by atoms with Crippen LogP contribution in [0.4, 0.5) is 0 Å². The maximum absolute atomic E-state index is 12.9. The Hall–Kier alpha value is -1.89. The Morgan fingerprint density at radius 1 is 1.04 bits per heavy atom. The van der Waals surface area contributed by atoms with Crippen LogP contribution in [0.5, 0.6) is 5.75 Å². The van der Waals surface area contributed by atoms with Crippen molar-refractivity contribution in [3.05, 3.63) is 54.1 Å². The van der Waals surface area contributed by atoms with E-state index in [9.17, 15) is 8.42 Å². The number of aliphatic hydroxyl groups is 1. The number of rotatable bonds is 10. The minimum Gasteiger partial charge on any atom is -0.493 e.